The number of rotatable bonds is 7. The smallest absolute Gasteiger partial charge is 0.161 e. The van der Waals surface area contributed by atoms with Gasteiger partial charge in [-0.15, -0.1) is 0 Å². The number of nitrogens with zero attached hydrogens (tertiary/aromatic N) is 4. The lowest BCUT2D eigenvalue weighted by Gasteiger charge is -2.26. The molecular formula is C25H28N6O2. The standard InChI is InChI=1S/C25H28N6O2/c1-15(2)23(17-5-6-21-22(9-17)33-8-7-32-21)30-25-19-10-20(29-24(19)26-14-27-25)18-11-28-31(13-18)12-16-3-4-16/h5-6,9-11,13-16,23H,3-4,7-8,12H2,1-2H3,(H2,26,27,29,30)/t23-/m1/s1. The van der Waals surface area contributed by atoms with E-state index in [1.54, 1.807) is 6.33 Å². The maximum absolute atomic E-state index is 5.81. The fourth-order valence-corrected chi connectivity index (χ4v) is 4.41. The number of benzene rings is 1. The molecule has 0 radical (unpaired) electrons. The number of hydrogen-bond donors (Lipinski definition) is 2. The maximum atomic E-state index is 5.81. The van der Waals surface area contributed by atoms with Gasteiger partial charge >= 0.3 is 0 Å². The van der Waals surface area contributed by atoms with E-state index in [9.17, 15) is 0 Å². The number of H-pyrrole nitrogens is 1. The molecule has 1 saturated carbocycles. The highest BCUT2D eigenvalue weighted by Crippen LogP contribution is 2.37. The lowest BCUT2D eigenvalue weighted by atomic mass is 9.95. The molecule has 0 amide bonds. The van der Waals surface area contributed by atoms with Crippen LogP contribution in [0.2, 0.25) is 0 Å². The number of nitrogens with one attached hydrogen (secondary N) is 2. The first-order chi connectivity index (χ1) is 16.1. The number of anilines is 1. The van der Waals surface area contributed by atoms with Crippen molar-refractivity contribution in [2.24, 2.45) is 11.8 Å². The topological polar surface area (TPSA) is 89.9 Å². The second-order valence-corrected chi connectivity index (χ2v) is 9.33. The van der Waals surface area contributed by atoms with E-state index in [0.717, 1.165) is 57.6 Å². The summed E-state index contributed by atoms with van der Waals surface area (Å²) in [4.78, 5) is 12.5. The van der Waals surface area contributed by atoms with Crippen LogP contribution >= 0.6 is 0 Å². The van der Waals surface area contributed by atoms with Crippen molar-refractivity contribution in [3.05, 3.63) is 48.5 Å². The third kappa shape index (κ3) is 4.01. The largest absolute Gasteiger partial charge is 0.486 e. The summed E-state index contributed by atoms with van der Waals surface area (Å²) in [5, 5.41) is 9.16. The molecule has 1 aliphatic carbocycles. The first kappa shape index (κ1) is 20.1. The maximum Gasteiger partial charge on any atom is 0.161 e. The summed E-state index contributed by atoms with van der Waals surface area (Å²) in [6.07, 6.45) is 8.25. The minimum absolute atomic E-state index is 0.0542. The van der Waals surface area contributed by atoms with Gasteiger partial charge in [0.05, 0.1) is 23.3 Å². The number of fused-ring (bicyclic) bond motifs is 2. The first-order valence-corrected chi connectivity index (χ1v) is 11.7. The predicted molar refractivity (Wildman–Crippen MR) is 126 cm³/mol. The zero-order valence-electron chi connectivity index (χ0n) is 18.9. The van der Waals surface area contributed by atoms with Crippen LogP contribution in [0.4, 0.5) is 5.82 Å². The van der Waals surface area contributed by atoms with Crippen LogP contribution in [0.1, 0.15) is 38.3 Å². The molecule has 0 unspecified atom stereocenters. The lowest BCUT2D eigenvalue weighted by Crippen LogP contribution is -2.19. The van der Waals surface area contributed by atoms with Crippen LogP contribution in [-0.2, 0) is 6.54 Å². The fourth-order valence-electron chi connectivity index (χ4n) is 4.41. The summed E-state index contributed by atoms with van der Waals surface area (Å²) in [7, 11) is 0. The molecule has 33 heavy (non-hydrogen) atoms. The van der Waals surface area contributed by atoms with Crippen molar-refractivity contribution in [1.82, 2.24) is 24.7 Å². The van der Waals surface area contributed by atoms with Crippen molar-refractivity contribution in [1.29, 1.82) is 0 Å². The minimum Gasteiger partial charge on any atom is -0.486 e. The molecule has 3 aromatic heterocycles. The number of aromatic nitrogens is 5. The molecule has 1 aromatic carbocycles. The molecule has 4 heterocycles. The van der Waals surface area contributed by atoms with Crippen LogP contribution < -0.4 is 14.8 Å². The highest BCUT2D eigenvalue weighted by Gasteiger charge is 2.23. The van der Waals surface area contributed by atoms with Crippen LogP contribution in [-0.4, -0.2) is 37.9 Å². The third-order valence-corrected chi connectivity index (χ3v) is 6.40. The Hall–Kier alpha value is -3.55. The van der Waals surface area contributed by atoms with Crippen LogP contribution in [0.3, 0.4) is 0 Å². The van der Waals surface area contributed by atoms with E-state index in [1.807, 2.05) is 16.9 Å². The van der Waals surface area contributed by atoms with Crippen molar-refractivity contribution >= 4 is 16.9 Å². The van der Waals surface area contributed by atoms with E-state index < -0.39 is 0 Å². The minimum atomic E-state index is 0.0542. The molecule has 0 spiro atoms. The van der Waals surface area contributed by atoms with Gasteiger partial charge in [-0.1, -0.05) is 19.9 Å². The second kappa shape index (κ2) is 8.10. The molecule has 0 bridgehead atoms. The van der Waals surface area contributed by atoms with Gasteiger partial charge < -0.3 is 19.8 Å². The second-order valence-electron chi connectivity index (χ2n) is 9.33. The van der Waals surface area contributed by atoms with Crippen molar-refractivity contribution in [2.75, 3.05) is 18.5 Å². The zero-order chi connectivity index (χ0) is 22.4. The van der Waals surface area contributed by atoms with Gasteiger partial charge in [0.25, 0.3) is 0 Å². The molecule has 4 aromatic rings. The molecule has 1 aliphatic heterocycles. The van der Waals surface area contributed by atoms with E-state index in [0.29, 0.717) is 19.1 Å². The quantitative estimate of drug-likeness (QED) is 0.425. The van der Waals surface area contributed by atoms with Crippen molar-refractivity contribution in [2.45, 2.75) is 39.3 Å². The molecule has 2 aliphatic rings. The van der Waals surface area contributed by atoms with Gasteiger partial charge in [0, 0.05) is 18.3 Å². The highest BCUT2D eigenvalue weighted by atomic mass is 16.6. The average molecular weight is 445 g/mol. The summed E-state index contributed by atoms with van der Waals surface area (Å²) in [5.41, 5.74) is 4.00. The van der Waals surface area contributed by atoms with Gasteiger partial charge in [-0.3, -0.25) is 4.68 Å². The van der Waals surface area contributed by atoms with E-state index in [4.69, 9.17) is 9.47 Å². The number of hydrogen-bond acceptors (Lipinski definition) is 6. The molecule has 1 fully saturated rings. The summed E-state index contributed by atoms with van der Waals surface area (Å²) in [6, 6.07) is 8.32. The van der Waals surface area contributed by atoms with Crippen LogP contribution in [0.5, 0.6) is 11.5 Å². The Morgan fingerprint density at radius 3 is 2.79 bits per heavy atom. The van der Waals surface area contributed by atoms with Crippen molar-refractivity contribution in [3.8, 4) is 22.8 Å². The van der Waals surface area contributed by atoms with Gasteiger partial charge in [0.2, 0.25) is 0 Å². The molecular weight excluding hydrogens is 416 g/mol. The van der Waals surface area contributed by atoms with Gasteiger partial charge in [0.15, 0.2) is 11.5 Å². The van der Waals surface area contributed by atoms with Crippen molar-refractivity contribution in [3.63, 3.8) is 0 Å². The first-order valence-electron chi connectivity index (χ1n) is 11.7. The van der Waals surface area contributed by atoms with Crippen molar-refractivity contribution < 1.29 is 9.47 Å². The van der Waals surface area contributed by atoms with Gasteiger partial charge in [0.1, 0.15) is 31.0 Å². The van der Waals surface area contributed by atoms with Crippen LogP contribution in [0.25, 0.3) is 22.3 Å². The van der Waals surface area contributed by atoms with Crippen LogP contribution in [0, 0.1) is 11.8 Å². The Morgan fingerprint density at radius 2 is 1.97 bits per heavy atom. The molecule has 0 saturated heterocycles. The Kier molecular flexibility index (Phi) is 4.93. The third-order valence-electron chi connectivity index (χ3n) is 6.40. The van der Waals surface area contributed by atoms with Gasteiger partial charge in [-0.05, 0) is 48.4 Å². The van der Waals surface area contributed by atoms with E-state index in [1.165, 1.54) is 12.8 Å². The normalized spacial score (nSPS) is 16.3. The van der Waals surface area contributed by atoms with E-state index in [-0.39, 0.29) is 6.04 Å². The van der Waals surface area contributed by atoms with E-state index >= 15 is 0 Å². The lowest BCUT2D eigenvalue weighted by molar-refractivity contribution is 0.171. The SMILES string of the molecule is CC(C)[C@@H](Nc1ncnc2[nH]c(-c3cnn(CC4CC4)c3)cc12)c1ccc2c(c1)OCCO2. The molecule has 8 nitrogen and oxygen atoms in total. The Morgan fingerprint density at radius 1 is 1.12 bits per heavy atom. The number of aromatic amines is 1. The molecule has 2 N–H and O–H groups in total. The van der Waals surface area contributed by atoms with E-state index in [2.05, 4.69) is 63.6 Å². The zero-order valence-corrected chi connectivity index (χ0v) is 18.9. The molecule has 170 valence electrons. The Bertz CT molecular complexity index is 1290. The highest BCUT2D eigenvalue weighted by molar-refractivity contribution is 5.91. The number of ether oxygens (including phenoxy) is 2. The van der Waals surface area contributed by atoms with Crippen LogP contribution in [0.15, 0.2) is 43.0 Å². The molecule has 1 atom stereocenters. The Labute approximate surface area is 192 Å². The molecule has 8 heteroatoms. The molecule has 6 rings (SSSR count). The summed E-state index contributed by atoms with van der Waals surface area (Å²) in [5.74, 6) is 3.52. The average Bonchev–Trinajstić information content (AvgIpc) is 3.33. The summed E-state index contributed by atoms with van der Waals surface area (Å²) >= 11 is 0. The summed E-state index contributed by atoms with van der Waals surface area (Å²) < 4.78 is 13.5. The van der Waals surface area contributed by atoms with Gasteiger partial charge in [-0.25, -0.2) is 9.97 Å². The summed E-state index contributed by atoms with van der Waals surface area (Å²) in [6.45, 7) is 6.56. The van der Waals surface area contributed by atoms with Gasteiger partial charge in [-0.2, -0.15) is 5.10 Å². The predicted octanol–water partition coefficient (Wildman–Crippen LogP) is 4.81. The monoisotopic (exact) mass is 444 g/mol. The fraction of sp³-hybridized carbons (Fsp3) is 0.400. The Balaban J connectivity index is 1.30.